The molecule has 2 amide bonds. The number of benzene rings is 2. The minimum Gasteiger partial charge on any atom is -0.343 e. The summed E-state index contributed by atoms with van der Waals surface area (Å²) in [5, 5.41) is 7.62. The van der Waals surface area contributed by atoms with Crippen molar-refractivity contribution in [1.82, 2.24) is 19.4 Å². The Hall–Kier alpha value is -3.76. The normalized spacial score (nSPS) is 14.0. The third-order valence-electron chi connectivity index (χ3n) is 6.62. The highest BCUT2D eigenvalue weighted by atomic mass is 35.5. The van der Waals surface area contributed by atoms with Crippen LogP contribution in [0.1, 0.15) is 30.3 Å². The summed E-state index contributed by atoms with van der Waals surface area (Å²) in [5.74, 6) is -0.164. The van der Waals surface area contributed by atoms with Crippen LogP contribution in [0.25, 0.3) is 10.2 Å². The lowest BCUT2D eigenvalue weighted by Gasteiger charge is -2.30. The zero-order valence-electron chi connectivity index (χ0n) is 21.0. The van der Waals surface area contributed by atoms with Crippen LogP contribution in [0.2, 0.25) is 5.02 Å². The van der Waals surface area contributed by atoms with Crippen LogP contribution in [-0.4, -0.2) is 44.3 Å². The van der Waals surface area contributed by atoms with E-state index in [9.17, 15) is 14.4 Å². The first-order chi connectivity index (χ1) is 18.3. The fourth-order valence-electron chi connectivity index (χ4n) is 4.53. The molecule has 38 heavy (non-hydrogen) atoms. The molecule has 196 valence electrons. The zero-order chi connectivity index (χ0) is 26.8. The highest BCUT2D eigenvalue weighted by Crippen LogP contribution is 2.26. The average Bonchev–Trinajstić information content (AvgIpc) is 3.28. The van der Waals surface area contributed by atoms with E-state index in [1.54, 1.807) is 28.4 Å². The molecule has 9 nitrogen and oxygen atoms in total. The molecule has 1 saturated heterocycles. The number of fused-ring (bicyclic) bond motifs is 1. The molecule has 1 fully saturated rings. The summed E-state index contributed by atoms with van der Waals surface area (Å²) in [4.78, 5) is 48.9. The molecular weight excluding hydrogens is 524 g/mol. The topological polar surface area (TPSA) is 109 Å². The summed E-state index contributed by atoms with van der Waals surface area (Å²) in [5.41, 5.74) is 2.28. The third-order valence-corrected chi connectivity index (χ3v) is 7.81. The van der Waals surface area contributed by atoms with Crippen LogP contribution in [0.4, 0.5) is 17.3 Å². The lowest BCUT2D eigenvalue weighted by Crippen LogP contribution is -2.41. The minimum absolute atomic E-state index is 0.00542. The van der Waals surface area contributed by atoms with Crippen molar-refractivity contribution >= 4 is 62.3 Å². The number of aryl methyl sites for hydroxylation is 1. The number of hydrogen-bond donors (Lipinski definition) is 2. The first-order valence-electron chi connectivity index (χ1n) is 12.3. The molecule has 0 saturated carbocycles. The highest BCUT2D eigenvalue weighted by Gasteiger charge is 2.27. The summed E-state index contributed by atoms with van der Waals surface area (Å²) >= 11 is 7.64. The molecule has 1 aliphatic heterocycles. The maximum atomic E-state index is 13.6. The number of rotatable bonds is 6. The molecule has 4 aromatic rings. The predicted octanol–water partition coefficient (Wildman–Crippen LogP) is 4.80. The van der Waals surface area contributed by atoms with Crippen molar-refractivity contribution in [3.8, 4) is 0 Å². The SMILES string of the molecule is CC(=O)N1CCC(C(=O)Nc2cnc(Nc3ccc4nc(C)sc4c3)n(Cc3ccc(Cl)cc3)c2=O)CC1. The molecule has 0 spiro atoms. The van der Waals surface area contributed by atoms with Gasteiger partial charge >= 0.3 is 0 Å². The van der Waals surface area contributed by atoms with Gasteiger partial charge in [0.15, 0.2) is 0 Å². The van der Waals surface area contributed by atoms with E-state index in [4.69, 9.17) is 11.6 Å². The van der Waals surface area contributed by atoms with Crippen LogP contribution in [0.5, 0.6) is 0 Å². The number of carbonyl (C=O) groups is 2. The molecule has 1 aliphatic rings. The van der Waals surface area contributed by atoms with Crippen LogP contribution in [0, 0.1) is 12.8 Å². The number of amides is 2. The van der Waals surface area contributed by atoms with E-state index in [2.05, 4.69) is 20.6 Å². The summed E-state index contributed by atoms with van der Waals surface area (Å²) in [7, 11) is 0. The Morgan fingerprint density at radius 2 is 1.87 bits per heavy atom. The van der Waals surface area contributed by atoms with Gasteiger partial charge in [-0.25, -0.2) is 9.97 Å². The number of halogens is 1. The number of nitrogens with one attached hydrogen (secondary N) is 2. The van der Waals surface area contributed by atoms with Crippen molar-refractivity contribution < 1.29 is 9.59 Å². The maximum absolute atomic E-state index is 13.6. The first-order valence-corrected chi connectivity index (χ1v) is 13.5. The second-order valence-electron chi connectivity index (χ2n) is 9.32. The van der Waals surface area contributed by atoms with Gasteiger partial charge in [0.25, 0.3) is 5.56 Å². The van der Waals surface area contributed by atoms with Gasteiger partial charge in [-0.2, -0.15) is 0 Å². The maximum Gasteiger partial charge on any atom is 0.279 e. The van der Waals surface area contributed by atoms with Gasteiger partial charge in [0, 0.05) is 36.6 Å². The minimum atomic E-state index is -0.373. The molecule has 0 aliphatic carbocycles. The molecule has 0 radical (unpaired) electrons. The molecule has 2 aromatic heterocycles. The predicted molar refractivity (Wildman–Crippen MR) is 150 cm³/mol. The quantitative estimate of drug-likeness (QED) is 0.357. The number of carbonyl (C=O) groups excluding carboxylic acids is 2. The summed E-state index contributed by atoms with van der Waals surface area (Å²) in [6.07, 6.45) is 2.49. The summed E-state index contributed by atoms with van der Waals surface area (Å²) in [6.45, 7) is 4.77. The Bertz CT molecular complexity index is 1560. The molecule has 0 unspecified atom stereocenters. The van der Waals surface area contributed by atoms with E-state index >= 15 is 0 Å². The Morgan fingerprint density at radius 1 is 1.13 bits per heavy atom. The van der Waals surface area contributed by atoms with Gasteiger partial charge in [-0.1, -0.05) is 23.7 Å². The molecule has 3 heterocycles. The van der Waals surface area contributed by atoms with Crippen LogP contribution in [-0.2, 0) is 16.1 Å². The molecule has 2 aromatic carbocycles. The van der Waals surface area contributed by atoms with E-state index in [0.717, 1.165) is 26.5 Å². The number of nitrogens with zero attached hydrogens (tertiary/aromatic N) is 4. The fraction of sp³-hybridized carbons (Fsp3) is 0.296. The monoisotopic (exact) mass is 550 g/mol. The Morgan fingerprint density at radius 3 is 2.58 bits per heavy atom. The lowest BCUT2D eigenvalue weighted by molar-refractivity contribution is -0.132. The van der Waals surface area contributed by atoms with Gasteiger partial charge in [-0.15, -0.1) is 11.3 Å². The number of aromatic nitrogens is 3. The Kier molecular flexibility index (Phi) is 7.44. The van der Waals surface area contributed by atoms with Gasteiger partial charge in [-0.3, -0.25) is 19.0 Å². The van der Waals surface area contributed by atoms with Gasteiger partial charge < -0.3 is 15.5 Å². The third kappa shape index (κ3) is 5.71. The molecule has 2 N–H and O–H groups in total. The van der Waals surface area contributed by atoms with Crippen LogP contribution in [0.15, 0.2) is 53.5 Å². The van der Waals surface area contributed by atoms with Crippen molar-refractivity contribution in [3.63, 3.8) is 0 Å². The van der Waals surface area contributed by atoms with E-state index in [1.807, 2.05) is 37.3 Å². The van der Waals surface area contributed by atoms with Crippen molar-refractivity contribution in [2.75, 3.05) is 23.7 Å². The second-order valence-corrected chi connectivity index (χ2v) is 11.0. The smallest absolute Gasteiger partial charge is 0.279 e. The highest BCUT2D eigenvalue weighted by molar-refractivity contribution is 7.18. The summed E-state index contributed by atoms with van der Waals surface area (Å²) < 4.78 is 2.53. The number of hydrogen-bond acceptors (Lipinski definition) is 7. The number of piperidine rings is 1. The van der Waals surface area contributed by atoms with Crippen LogP contribution >= 0.6 is 22.9 Å². The van der Waals surface area contributed by atoms with Crippen LogP contribution in [0.3, 0.4) is 0 Å². The van der Waals surface area contributed by atoms with E-state index in [0.29, 0.717) is 36.9 Å². The van der Waals surface area contributed by atoms with Gasteiger partial charge in [-0.05, 0) is 55.7 Å². The largest absolute Gasteiger partial charge is 0.343 e. The standard InChI is InChI=1S/C27H27ClN6O3S/c1-16-30-22-8-7-21(13-24(22)38-16)31-27-29-14-23(26(37)34(27)15-18-3-5-20(28)6-4-18)32-25(36)19-9-11-33(12-10-19)17(2)35/h3-8,13-14,19H,9-12,15H2,1-2H3,(H,29,31)(H,32,36). The van der Waals surface area contributed by atoms with Crippen molar-refractivity contribution in [3.05, 3.63) is 74.6 Å². The molecule has 0 atom stereocenters. The average molecular weight is 551 g/mol. The van der Waals surface area contributed by atoms with Crippen molar-refractivity contribution in [2.45, 2.75) is 33.2 Å². The van der Waals surface area contributed by atoms with Crippen molar-refractivity contribution in [1.29, 1.82) is 0 Å². The van der Waals surface area contributed by atoms with Crippen molar-refractivity contribution in [2.24, 2.45) is 5.92 Å². The molecule has 11 heteroatoms. The number of thiazole rings is 1. The first kappa shape index (κ1) is 25.9. The number of likely N-dealkylation sites (tertiary alicyclic amines) is 1. The van der Waals surface area contributed by atoms with E-state index < -0.39 is 0 Å². The van der Waals surface area contributed by atoms with E-state index in [-0.39, 0.29) is 35.5 Å². The van der Waals surface area contributed by atoms with Crippen LogP contribution < -0.4 is 16.2 Å². The van der Waals surface area contributed by atoms with Gasteiger partial charge in [0.2, 0.25) is 17.8 Å². The molecule has 0 bridgehead atoms. The molecular formula is C27H27ClN6O3S. The molecule has 5 rings (SSSR count). The lowest BCUT2D eigenvalue weighted by atomic mass is 9.96. The van der Waals surface area contributed by atoms with Gasteiger partial charge in [0.05, 0.1) is 28.0 Å². The second kappa shape index (κ2) is 10.9. The Labute approximate surface area is 228 Å². The van der Waals surface area contributed by atoms with E-state index in [1.165, 1.54) is 17.7 Å². The Balaban J connectivity index is 1.42. The summed E-state index contributed by atoms with van der Waals surface area (Å²) in [6, 6.07) is 13.0. The fourth-order valence-corrected chi connectivity index (χ4v) is 5.53. The zero-order valence-corrected chi connectivity index (χ0v) is 22.6. The van der Waals surface area contributed by atoms with Gasteiger partial charge in [0.1, 0.15) is 5.69 Å². The number of anilines is 3.